The highest BCUT2D eigenvalue weighted by molar-refractivity contribution is 5.95. The molecule has 2 aromatic carbocycles. The molecule has 0 radical (unpaired) electrons. The number of rotatable bonds is 0. The average Bonchev–Trinajstić information content (AvgIpc) is 2.73. The number of aryl methyl sites for hydroxylation is 1. The molecular weight excluding hydrogens is 220 g/mol. The molecule has 0 unspecified atom stereocenters. The molecule has 0 saturated heterocycles. The van der Waals surface area contributed by atoms with E-state index < -0.39 is 0 Å². The quantitative estimate of drug-likeness (QED) is 0.622. The Labute approximate surface area is 106 Å². The minimum Gasteiger partial charge on any atom is -0.367 e. The standard InChI is InChI=1S/C16H14N2/c1-11-12-6-3-5-9-15(12)18-10-17-14-8-4-2-7-13(14)16(11)18/h2-9,17H,10H2,1H3. The third-order valence-electron chi connectivity index (χ3n) is 3.83. The van der Waals surface area contributed by atoms with E-state index >= 15 is 0 Å². The molecule has 88 valence electrons. The van der Waals surface area contributed by atoms with Crippen molar-refractivity contribution >= 4 is 16.6 Å². The van der Waals surface area contributed by atoms with Crippen LogP contribution in [-0.2, 0) is 6.67 Å². The Morgan fingerprint density at radius 2 is 1.78 bits per heavy atom. The van der Waals surface area contributed by atoms with Crippen molar-refractivity contribution in [1.29, 1.82) is 0 Å². The molecule has 1 aliphatic heterocycles. The first-order chi connectivity index (χ1) is 8.86. The van der Waals surface area contributed by atoms with Crippen LogP contribution in [-0.4, -0.2) is 4.57 Å². The zero-order valence-electron chi connectivity index (χ0n) is 10.3. The van der Waals surface area contributed by atoms with E-state index in [0.29, 0.717) is 0 Å². The molecule has 2 heterocycles. The smallest absolute Gasteiger partial charge is 0.0926 e. The molecule has 1 aliphatic rings. The lowest BCUT2D eigenvalue weighted by Crippen LogP contribution is -2.15. The summed E-state index contributed by atoms with van der Waals surface area (Å²) in [4.78, 5) is 0. The number of anilines is 1. The molecule has 0 saturated carbocycles. The van der Waals surface area contributed by atoms with E-state index in [1.54, 1.807) is 0 Å². The van der Waals surface area contributed by atoms with E-state index in [1.165, 1.54) is 33.4 Å². The number of hydrogen-bond donors (Lipinski definition) is 1. The first kappa shape index (κ1) is 9.77. The fourth-order valence-corrected chi connectivity index (χ4v) is 3.00. The molecule has 0 bridgehead atoms. The fourth-order valence-electron chi connectivity index (χ4n) is 3.00. The van der Waals surface area contributed by atoms with E-state index in [0.717, 1.165) is 6.67 Å². The summed E-state index contributed by atoms with van der Waals surface area (Å²) >= 11 is 0. The molecule has 0 amide bonds. The molecule has 0 fully saturated rings. The van der Waals surface area contributed by atoms with Crippen molar-refractivity contribution in [1.82, 2.24) is 4.57 Å². The second kappa shape index (κ2) is 3.39. The Morgan fingerprint density at radius 3 is 2.72 bits per heavy atom. The maximum Gasteiger partial charge on any atom is 0.0926 e. The maximum absolute atomic E-state index is 3.49. The molecule has 2 nitrogen and oxygen atoms in total. The fraction of sp³-hybridized carbons (Fsp3) is 0.125. The molecular formula is C16H14N2. The van der Waals surface area contributed by atoms with Gasteiger partial charge < -0.3 is 9.88 Å². The number of nitrogens with zero attached hydrogens (tertiary/aromatic N) is 1. The minimum atomic E-state index is 0.848. The molecule has 0 aliphatic carbocycles. The van der Waals surface area contributed by atoms with Gasteiger partial charge in [0.15, 0.2) is 0 Å². The Kier molecular flexibility index (Phi) is 1.84. The zero-order valence-corrected chi connectivity index (χ0v) is 10.3. The van der Waals surface area contributed by atoms with Gasteiger partial charge in [0.1, 0.15) is 0 Å². The van der Waals surface area contributed by atoms with Gasteiger partial charge in [0.2, 0.25) is 0 Å². The molecule has 3 aromatic rings. The first-order valence-electron chi connectivity index (χ1n) is 6.27. The van der Waals surface area contributed by atoms with Crippen molar-refractivity contribution in [3.63, 3.8) is 0 Å². The van der Waals surface area contributed by atoms with Gasteiger partial charge in [0.05, 0.1) is 17.9 Å². The van der Waals surface area contributed by atoms with Crippen molar-refractivity contribution in [2.45, 2.75) is 13.6 Å². The molecule has 2 heteroatoms. The minimum absolute atomic E-state index is 0.848. The summed E-state index contributed by atoms with van der Waals surface area (Å²) in [7, 11) is 0. The molecule has 1 aromatic heterocycles. The normalized spacial score (nSPS) is 12.9. The molecule has 1 N–H and O–H groups in total. The molecule has 18 heavy (non-hydrogen) atoms. The number of para-hydroxylation sites is 2. The second-order valence-corrected chi connectivity index (χ2v) is 4.80. The third kappa shape index (κ3) is 1.12. The summed E-state index contributed by atoms with van der Waals surface area (Å²) in [5.74, 6) is 0. The van der Waals surface area contributed by atoms with Gasteiger partial charge in [0.25, 0.3) is 0 Å². The highest BCUT2D eigenvalue weighted by Crippen LogP contribution is 2.39. The zero-order chi connectivity index (χ0) is 12.1. The van der Waals surface area contributed by atoms with Crippen LogP contribution in [0, 0.1) is 6.92 Å². The number of aromatic nitrogens is 1. The molecule has 4 rings (SSSR count). The summed E-state index contributed by atoms with van der Waals surface area (Å²) in [5, 5.41) is 4.84. The topological polar surface area (TPSA) is 17.0 Å². The van der Waals surface area contributed by atoms with E-state index in [2.05, 4.69) is 65.3 Å². The van der Waals surface area contributed by atoms with Crippen LogP contribution >= 0.6 is 0 Å². The summed E-state index contributed by atoms with van der Waals surface area (Å²) in [6.07, 6.45) is 0. The Hall–Kier alpha value is -2.22. The van der Waals surface area contributed by atoms with Gasteiger partial charge in [-0.2, -0.15) is 0 Å². The number of hydrogen-bond acceptors (Lipinski definition) is 1. The predicted octanol–water partition coefficient (Wildman–Crippen LogP) is 4.00. The van der Waals surface area contributed by atoms with Crippen LogP contribution in [0.2, 0.25) is 0 Å². The molecule has 0 atom stereocenters. The largest absolute Gasteiger partial charge is 0.367 e. The maximum atomic E-state index is 3.49. The Bertz CT molecular complexity index is 753. The summed E-state index contributed by atoms with van der Waals surface area (Å²) in [6, 6.07) is 17.2. The van der Waals surface area contributed by atoms with E-state index in [1.807, 2.05) is 0 Å². The van der Waals surface area contributed by atoms with Crippen molar-refractivity contribution in [2.75, 3.05) is 5.32 Å². The second-order valence-electron chi connectivity index (χ2n) is 4.80. The third-order valence-corrected chi connectivity index (χ3v) is 3.83. The average molecular weight is 234 g/mol. The summed E-state index contributed by atoms with van der Waals surface area (Å²) < 4.78 is 2.37. The Morgan fingerprint density at radius 1 is 1.00 bits per heavy atom. The highest BCUT2D eigenvalue weighted by Gasteiger charge is 2.20. The van der Waals surface area contributed by atoms with Gasteiger partial charge in [-0.3, -0.25) is 0 Å². The molecule has 0 spiro atoms. The van der Waals surface area contributed by atoms with E-state index in [-0.39, 0.29) is 0 Å². The lowest BCUT2D eigenvalue weighted by molar-refractivity contribution is 0.802. The van der Waals surface area contributed by atoms with Crippen LogP contribution in [0.15, 0.2) is 48.5 Å². The first-order valence-corrected chi connectivity index (χ1v) is 6.27. The van der Waals surface area contributed by atoms with Gasteiger partial charge in [-0.05, 0) is 24.6 Å². The van der Waals surface area contributed by atoms with Gasteiger partial charge >= 0.3 is 0 Å². The van der Waals surface area contributed by atoms with Crippen molar-refractivity contribution in [2.24, 2.45) is 0 Å². The number of benzene rings is 2. The number of fused-ring (bicyclic) bond motifs is 5. The van der Waals surface area contributed by atoms with Crippen LogP contribution in [0.3, 0.4) is 0 Å². The summed E-state index contributed by atoms with van der Waals surface area (Å²) in [6.45, 7) is 3.07. The monoisotopic (exact) mass is 234 g/mol. The van der Waals surface area contributed by atoms with Crippen LogP contribution < -0.4 is 5.32 Å². The van der Waals surface area contributed by atoms with Gasteiger partial charge in [0, 0.05) is 16.6 Å². The highest BCUT2D eigenvalue weighted by atomic mass is 15.1. The van der Waals surface area contributed by atoms with Gasteiger partial charge in [-0.15, -0.1) is 0 Å². The van der Waals surface area contributed by atoms with Crippen molar-refractivity contribution in [3.8, 4) is 11.3 Å². The van der Waals surface area contributed by atoms with E-state index in [4.69, 9.17) is 0 Å². The lowest BCUT2D eigenvalue weighted by Gasteiger charge is -2.22. The van der Waals surface area contributed by atoms with Gasteiger partial charge in [-0.1, -0.05) is 36.4 Å². The number of nitrogens with one attached hydrogen (secondary N) is 1. The van der Waals surface area contributed by atoms with Gasteiger partial charge in [-0.25, -0.2) is 0 Å². The predicted molar refractivity (Wildman–Crippen MR) is 75.7 cm³/mol. The van der Waals surface area contributed by atoms with Crippen molar-refractivity contribution < 1.29 is 0 Å². The van der Waals surface area contributed by atoms with Crippen LogP contribution in [0.4, 0.5) is 5.69 Å². The van der Waals surface area contributed by atoms with E-state index in [9.17, 15) is 0 Å². The van der Waals surface area contributed by atoms with Crippen LogP contribution in [0.25, 0.3) is 22.2 Å². The van der Waals surface area contributed by atoms with Crippen LogP contribution in [0.5, 0.6) is 0 Å². The van der Waals surface area contributed by atoms with Crippen molar-refractivity contribution in [3.05, 3.63) is 54.1 Å². The Balaban J connectivity index is 2.16. The lowest BCUT2D eigenvalue weighted by atomic mass is 10.0. The summed E-state index contributed by atoms with van der Waals surface area (Å²) in [5.41, 5.74) is 6.57. The van der Waals surface area contributed by atoms with Crippen LogP contribution in [0.1, 0.15) is 5.56 Å². The SMILES string of the molecule is Cc1c2n(c3ccccc13)CNc1ccccc1-2.